The maximum absolute atomic E-state index is 13.3. The summed E-state index contributed by atoms with van der Waals surface area (Å²) in [6, 6.07) is 3.66. The molecule has 1 aliphatic rings. The van der Waals surface area contributed by atoms with E-state index in [4.69, 9.17) is 0 Å². The average Bonchev–Trinajstić information content (AvgIpc) is 2.44. The zero-order chi connectivity index (χ0) is 16.1. The number of alkyl halides is 2. The van der Waals surface area contributed by atoms with Crippen LogP contribution < -0.4 is 10.5 Å². The second-order valence-electron chi connectivity index (χ2n) is 5.40. The first kappa shape index (κ1) is 16.1. The lowest BCUT2D eigenvalue weighted by atomic mass is 10.1. The van der Waals surface area contributed by atoms with Crippen LogP contribution in [0.15, 0.2) is 21.4 Å². The van der Waals surface area contributed by atoms with Gasteiger partial charge in [-0.15, -0.1) is 0 Å². The van der Waals surface area contributed by atoms with E-state index in [1.807, 2.05) is 6.07 Å². The van der Waals surface area contributed by atoms with Gasteiger partial charge in [0.15, 0.2) is 0 Å². The Labute approximate surface area is 147 Å². The molecular weight excluding hydrogens is 471 g/mol. The van der Waals surface area contributed by atoms with E-state index in [0.29, 0.717) is 16.9 Å². The molecular formula is C14H13BrF2IN3O. The second kappa shape index (κ2) is 5.70. The number of fused-ring (bicyclic) bond motifs is 1. The van der Waals surface area contributed by atoms with Crippen LogP contribution in [0.2, 0.25) is 0 Å². The predicted molar refractivity (Wildman–Crippen MR) is 93.8 cm³/mol. The summed E-state index contributed by atoms with van der Waals surface area (Å²) in [5.74, 6) is -2.18. The van der Waals surface area contributed by atoms with Gasteiger partial charge in [0.05, 0.1) is 10.9 Å². The van der Waals surface area contributed by atoms with E-state index in [0.717, 1.165) is 8.04 Å². The van der Waals surface area contributed by atoms with Gasteiger partial charge in [-0.3, -0.25) is 9.36 Å². The van der Waals surface area contributed by atoms with E-state index in [1.54, 1.807) is 18.0 Å². The van der Waals surface area contributed by atoms with Crippen molar-refractivity contribution in [3.05, 3.63) is 30.5 Å². The molecule has 8 heteroatoms. The summed E-state index contributed by atoms with van der Waals surface area (Å²) in [4.78, 5) is 18.8. The van der Waals surface area contributed by atoms with E-state index in [2.05, 4.69) is 43.5 Å². The Bertz CT molecular complexity index is 799. The maximum atomic E-state index is 13.3. The average molecular weight is 484 g/mol. The molecule has 0 radical (unpaired) electrons. The number of hydrogen-bond donors (Lipinski definition) is 0. The van der Waals surface area contributed by atoms with Gasteiger partial charge in [0.2, 0.25) is 5.95 Å². The van der Waals surface area contributed by atoms with Crippen molar-refractivity contribution in [1.29, 1.82) is 0 Å². The molecule has 4 nitrogen and oxygen atoms in total. The zero-order valence-electron chi connectivity index (χ0n) is 11.7. The highest BCUT2D eigenvalue weighted by Gasteiger charge is 2.35. The third-order valence-electron chi connectivity index (χ3n) is 3.85. The quantitative estimate of drug-likeness (QED) is 0.582. The van der Waals surface area contributed by atoms with Gasteiger partial charge in [-0.25, -0.2) is 13.8 Å². The molecule has 1 saturated heterocycles. The minimum atomic E-state index is -2.62. The first-order valence-electron chi connectivity index (χ1n) is 6.77. The van der Waals surface area contributed by atoms with Gasteiger partial charge >= 0.3 is 0 Å². The normalized spacial score (nSPS) is 18.0. The first-order valence-corrected chi connectivity index (χ1v) is 8.64. The van der Waals surface area contributed by atoms with E-state index in [1.165, 1.54) is 4.57 Å². The molecule has 0 bridgehead atoms. The molecule has 1 fully saturated rings. The SMILES string of the molecule is Cn1c(N2CCC(F)(F)CC2)nc2c(Br)cc(I)cc2c1=O. The number of benzene rings is 1. The molecule has 0 N–H and O–H groups in total. The van der Waals surface area contributed by atoms with Gasteiger partial charge in [0.25, 0.3) is 11.5 Å². The number of nitrogens with zero attached hydrogens (tertiary/aromatic N) is 3. The van der Waals surface area contributed by atoms with Crippen LogP contribution in [0.25, 0.3) is 10.9 Å². The summed E-state index contributed by atoms with van der Waals surface area (Å²) in [5.41, 5.74) is 0.396. The van der Waals surface area contributed by atoms with Crippen molar-refractivity contribution >= 4 is 55.4 Å². The van der Waals surface area contributed by atoms with Crippen LogP contribution in [0.1, 0.15) is 12.8 Å². The summed E-state index contributed by atoms with van der Waals surface area (Å²) >= 11 is 5.57. The smallest absolute Gasteiger partial charge is 0.262 e. The Kier molecular flexibility index (Phi) is 4.17. The Morgan fingerprint density at radius 1 is 1.32 bits per heavy atom. The predicted octanol–water partition coefficient (Wildman–Crippen LogP) is 3.54. The highest BCUT2D eigenvalue weighted by Crippen LogP contribution is 2.31. The highest BCUT2D eigenvalue weighted by molar-refractivity contribution is 14.1. The fraction of sp³-hybridized carbons (Fsp3) is 0.429. The van der Waals surface area contributed by atoms with Gasteiger partial charge in [0, 0.05) is 41.0 Å². The Hall–Kier alpha value is -0.770. The number of anilines is 1. The van der Waals surface area contributed by atoms with Gasteiger partial charge in [-0.05, 0) is 50.7 Å². The molecule has 2 heterocycles. The summed E-state index contributed by atoms with van der Waals surface area (Å²) < 4.78 is 29.7. The molecule has 22 heavy (non-hydrogen) atoms. The lowest BCUT2D eigenvalue weighted by molar-refractivity contribution is -0.0223. The van der Waals surface area contributed by atoms with Crippen LogP contribution in [-0.2, 0) is 7.05 Å². The van der Waals surface area contributed by atoms with Crippen molar-refractivity contribution in [2.45, 2.75) is 18.8 Å². The molecule has 0 spiro atoms. The number of aromatic nitrogens is 2. The summed E-state index contributed by atoms with van der Waals surface area (Å²) in [7, 11) is 1.63. The molecule has 1 aromatic carbocycles. The molecule has 3 rings (SSSR count). The topological polar surface area (TPSA) is 38.1 Å². The van der Waals surface area contributed by atoms with Gasteiger partial charge in [-0.1, -0.05) is 0 Å². The summed E-state index contributed by atoms with van der Waals surface area (Å²) in [5, 5.41) is 0.521. The van der Waals surface area contributed by atoms with Crippen LogP contribution in [0.4, 0.5) is 14.7 Å². The van der Waals surface area contributed by atoms with Gasteiger partial charge in [0.1, 0.15) is 0 Å². The molecule has 0 unspecified atom stereocenters. The van der Waals surface area contributed by atoms with Gasteiger partial charge in [-0.2, -0.15) is 0 Å². The molecule has 0 saturated carbocycles. The van der Waals surface area contributed by atoms with Crippen LogP contribution in [0, 0.1) is 3.57 Å². The molecule has 1 aromatic heterocycles. The standard InChI is InChI=1S/C14H13BrF2IN3O/c1-20-12(22)9-6-8(18)7-10(15)11(9)19-13(20)21-4-2-14(16,17)3-5-21/h6-7H,2-5H2,1H3. The fourth-order valence-electron chi connectivity index (χ4n) is 2.61. The van der Waals surface area contributed by atoms with E-state index in [-0.39, 0.29) is 31.5 Å². The van der Waals surface area contributed by atoms with Gasteiger partial charge < -0.3 is 4.90 Å². The largest absolute Gasteiger partial charge is 0.342 e. The van der Waals surface area contributed by atoms with Crippen LogP contribution in [0.5, 0.6) is 0 Å². The van der Waals surface area contributed by atoms with Crippen molar-refractivity contribution in [2.24, 2.45) is 7.05 Å². The van der Waals surface area contributed by atoms with Crippen LogP contribution in [0.3, 0.4) is 0 Å². The zero-order valence-corrected chi connectivity index (χ0v) is 15.5. The lowest BCUT2D eigenvalue weighted by Crippen LogP contribution is -2.42. The van der Waals surface area contributed by atoms with Crippen molar-refractivity contribution in [3.8, 4) is 0 Å². The van der Waals surface area contributed by atoms with E-state index in [9.17, 15) is 13.6 Å². The third kappa shape index (κ3) is 2.86. The van der Waals surface area contributed by atoms with E-state index < -0.39 is 5.92 Å². The van der Waals surface area contributed by atoms with Crippen molar-refractivity contribution in [2.75, 3.05) is 18.0 Å². The number of rotatable bonds is 1. The Morgan fingerprint density at radius 3 is 2.59 bits per heavy atom. The van der Waals surface area contributed by atoms with E-state index >= 15 is 0 Å². The molecule has 2 aromatic rings. The fourth-order valence-corrected chi connectivity index (χ4v) is 4.21. The Morgan fingerprint density at radius 2 is 1.95 bits per heavy atom. The van der Waals surface area contributed by atoms with Crippen molar-refractivity contribution in [3.63, 3.8) is 0 Å². The minimum absolute atomic E-state index is 0.170. The minimum Gasteiger partial charge on any atom is -0.342 e. The third-order valence-corrected chi connectivity index (χ3v) is 5.08. The molecule has 1 aliphatic heterocycles. The molecule has 118 valence electrons. The van der Waals surface area contributed by atoms with Crippen LogP contribution in [-0.4, -0.2) is 28.6 Å². The van der Waals surface area contributed by atoms with Crippen LogP contribution >= 0.6 is 38.5 Å². The van der Waals surface area contributed by atoms with Crippen molar-refractivity contribution < 1.29 is 8.78 Å². The molecule has 0 atom stereocenters. The maximum Gasteiger partial charge on any atom is 0.262 e. The summed E-state index contributed by atoms with van der Waals surface area (Å²) in [6.07, 6.45) is -0.427. The highest BCUT2D eigenvalue weighted by atomic mass is 127. The Balaban J connectivity index is 2.12. The number of piperidine rings is 1. The number of hydrogen-bond acceptors (Lipinski definition) is 3. The molecule has 0 aliphatic carbocycles. The van der Waals surface area contributed by atoms with Crippen molar-refractivity contribution in [1.82, 2.24) is 9.55 Å². The monoisotopic (exact) mass is 483 g/mol. The lowest BCUT2D eigenvalue weighted by Gasteiger charge is -2.33. The second-order valence-corrected chi connectivity index (χ2v) is 7.50. The first-order chi connectivity index (χ1) is 10.3. The summed E-state index contributed by atoms with van der Waals surface area (Å²) in [6.45, 7) is 0.390. The number of halogens is 4. The molecule has 0 amide bonds.